The molecular formula is C27H35ClN2O. The Morgan fingerprint density at radius 1 is 1.06 bits per heavy atom. The first-order chi connectivity index (χ1) is 14.9. The summed E-state index contributed by atoms with van der Waals surface area (Å²) in [5.41, 5.74) is 5.82. The molecule has 0 spiro atoms. The third-order valence-corrected chi connectivity index (χ3v) is 8.33. The standard InChI is InChI=1S/C27H35ClN2O/c1-18-24(26(31)29-23-9-6-10-23)16-25(30(18)17-19-7-4-3-5-8-19)20-13-21(15-22(28)14-20)27(2)11-12-27/h13-16,19,23H,3-12,17H2,1-2H3,(H,29,31). The predicted octanol–water partition coefficient (Wildman–Crippen LogP) is 7.03. The Labute approximate surface area is 191 Å². The smallest absolute Gasteiger partial charge is 0.253 e. The fourth-order valence-corrected chi connectivity index (χ4v) is 5.59. The van der Waals surface area contributed by atoms with E-state index in [1.165, 1.54) is 56.9 Å². The van der Waals surface area contributed by atoms with E-state index in [0.29, 0.717) is 12.0 Å². The summed E-state index contributed by atoms with van der Waals surface area (Å²) in [5, 5.41) is 4.04. The van der Waals surface area contributed by atoms with Crippen LogP contribution in [0.15, 0.2) is 24.3 Å². The van der Waals surface area contributed by atoms with Gasteiger partial charge in [0.05, 0.1) is 5.56 Å². The van der Waals surface area contributed by atoms with Crippen molar-refractivity contribution in [2.24, 2.45) is 5.92 Å². The van der Waals surface area contributed by atoms with Crippen molar-refractivity contribution < 1.29 is 4.79 Å². The van der Waals surface area contributed by atoms with Crippen LogP contribution >= 0.6 is 11.6 Å². The van der Waals surface area contributed by atoms with Crippen LogP contribution in [-0.2, 0) is 12.0 Å². The van der Waals surface area contributed by atoms with Gasteiger partial charge in [0.25, 0.3) is 5.91 Å². The molecule has 166 valence electrons. The monoisotopic (exact) mass is 438 g/mol. The number of benzene rings is 1. The maximum Gasteiger partial charge on any atom is 0.253 e. The van der Waals surface area contributed by atoms with Gasteiger partial charge in [0.2, 0.25) is 0 Å². The molecule has 31 heavy (non-hydrogen) atoms. The first-order valence-corrected chi connectivity index (χ1v) is 12.6. The van der Waals surface area contributed by atoms with E-state index in [0.717, 1.165) is 46.9 Å². The highest BCUT2D eigenvalue weighted by atomic mass is 35.5. The van der Waals surface area contributed by atoms with Gasteiger partial charge in [-0.2, -0.15) is 0 Å². The molecule has 0 saturated heterocycles. The van der Waals surface area contributed by atoms with Crippen molar-refractivity contribution >= 4 is 17.5 Å². The average Bonchev–Trinajstić information content (AvgIpc) is 3.40. The summed E-state index contributed by atoms with van der Waals surface area (Å²) >= 11 is 6.59. The summed E-state index contributed by atoms with van der Waals surface area (Å²) in [6, 6.07) is 9.00. The molecular weight excluding hydrogens is 404 g/mol. The number of hydrogen-bond donors (Lipinski definition) is 1. The number of rotatable bonds is 6. The fraction of sp³-hybridized carbons (Fsp3) is 0.593. The van der Waals surface area contributed by atoms with Crippen LogP contribution in [0.1, 0.15) is 92.7 Å². The zero-order valence-electron chi connectivity index (χ0n) is 19.0. The van der Waals surface area contributed by atoms with Crippen LogP contribution in [0.2, 0.25) is 5.02 Å². The normalized spacial score (nSPS) is 21.0. The summed E-state index contributed by atoms with van der Waals surface area (Å²) in [7, 11) is 0. The Morgan fingerprint density at radius 2 is 1.81 bits per heavy atom. The van der Waals surface area contributed by atoms with Gasteiger partial charge in [-0.05, 0) is 98.6 Å². The molecule has 1 heterocycles. The number of amides is 1. The molecule has 0 radical (unpaired) electrons. The van der Waals surface area contributed by atoms with Gasteiger partial charge < -0.3 is 9.88 Å². The Morgan fingerprint density at radius 3 is 2.45 bits per heavy atom. The molecule has 2 aromatic rings. The Bertz CT molecular complexity index is 977. The Balaban J connectivity index is 1.53. The lowest BCUT2D eigenvalue weighted by Gasteiger charge is -2.26. The second-order valence-electron chi connectivity index (χ2n) is 10.5. The lowest BCUT2D eigenvalue weighted by molar-refractivity contribution is 0.0916. The SMILES string of the molecule is Cc1c(C(=O)NC2CCC2)cc(-c2cc(Cl)cc(C3(C)CC3)c2)n1CC1CCCCC1. The molecule has 5 rings (SSSR count). The van der Waals surface area contributed by atoms with Gasteiger partial charge in [-0.3, -0.25) is 4.79 Å². The maximum atomic E-state index is 13.1. The van der Waals surface area contributed by atoms with Gasteiger partial charge >= 0.3 is 0 Å². The molecule has 4 heteroatoms. The molecule has 3 saturated carbocycles. The Hall–Kier alpha value is -1.74. The summed E-state index contributed by atoms with van der Waals surface area (Å²) in [6.45, 7) is 5.44. The molecule has 3 aliphatic carbocycles. The first-order valence-electron chi connectivity index (χ1n) is 12.3. The number of halogens is 1. The molecule has 1 aromatic heterocycles. The van der Waals surface area contributed by atoms with Gasteiger partial charge in [-0.25, -0.2) is 0 Å². The summed E-state index contributed by atoms with van der Waals surface area (Å²) in [6.07, 6.45) is 12.5. The average molecular weight is 439 g/mol. The number of aromatic nitrogens is 1. The number of nitrogens with one attached hydrogen (secondary N) is 1. The van der Waals surface area contributed by atoms with Gasteiger partial charge in [-0.1, -0.05) is 37.8 Å². The number of carbonyl (C=O) groups excluding carboxylic acids is 1. The van der Waals surface area contributed by atoms with E-state index >= 15 is 0 Å². The summed E-state index contributed by atoms with van der Waals surface area (Å²) in [4.78, 5) is 13.1. The van der Waals surface area contributed by atoms with Crippen molar-refractivity contribution in [1.29, 1.82) is 0 Å². The van der Waals surface area contributed by atoms with Crippen molar-refractivity contribution in [1.82, 2.24) is 9.88 Å². The lowest BCUT2D eigenvalue weighted by atomic mass is 9.89. The van der Waals surface area contributed by atoms with Crippen molar-refractivity contribution in [2.75, 3.05) is 0 Å². The van der Waals surface area contributed by atoms with Gasteiger partial charge in [0, 0.05) is 29.0 Å². The third-order valence-electron chi connectivity index (χ3n) is 8.11. The molecule has 0 aliphatic heterocycles. The molecule has 3 aliphatic rings. The van der Waals surface area contributed by atoms with Gasteiger partial charge in [0.15, 0.2) is 0 Å². The van der Waals surface area contributed by atoms with Gasteiger partial charge in [0.1, 0.15) is 0 Å². The number of carbonyl (C=O) groups is 1. The molecule has 1 aromatic carbocycles. The zero-order chi connectivity index (χ0) is 21.6. The quantitative estimate of drug-likeness (QED) is 0.516. The minimum atomic E-state index is 0.0854. The minimum Gasteiger partial charge on any atom is -0.349 e. The number of nitrogens with zero attached hydrogens (tertiary/aromatic N) is 1. The van der Waals surface area contributed by atoms with E-state index in [9.17, 15) is 4.79 Å². The van der Waals surface area contributed by atoms with Crippen LogP contribution < -0.4 is 5.32 Å². The van der Waals surface area contributed by atoms with E-state index in [1.807, 2.05) is 0 Å². The fourth-order valence-electron chi connectivity index (χ4n) is 5.36. The molecule has 0 atom stereocenters. The molecule has 0 unspecified atom stereocenters. The molecule has 3 nitrogen and oxygen atoms in total. The van der Waals surface area contributed by atoms with E-state index in [1.54, 1.807) is 0 Å². The topological polar surface area (TPSA) is 34.0 Å². The van der Waals surface area contributed by atoms with Crippen LogP contribution in [0, 0.1) is 12.8 Å². The van der Waals surface area contributed by atoms with Crippen LogP contribution in [-0.4, -0.2) is 16.5 Å². The van der Waals surface area contributed by atoms with Gasteiger partial charge in [-0.15, -0.1) is 0 Å². The van der Waals surface area contributed by atoms with Crippen LogP contribution in [0.25, 0.3) is 11.3 Å². The van der Waals surface area contributed by atoms with Crippen LogP contribution in [0.4, 0.5) is 0 Å². The summed E-state index contributed by atoms with van der Waals surface area (Å²) < 4.78 is 2.41. The van der Waals surface area contributed by atoms with E-state index in [2.05, 4.69) is 48.0 Å². The second-order valence-corrected chi connectivity index (χ2v) is 11.0. The molecule has 1 amide bonds. The van der Waals surface area contributed by atoms with Crippen molar-refractivity contribution in [3.8, 4) is 11.3 Å². The van der Waals surface area contributed by atoms with Crippen molar-refractivity contribution in [3.05, 3.63) is 46.1 Å². The van der Waals surface area contributed by atoms with Crippen molar-refractivity contribution in [3.63, 3.8) is 0 Å². The molecule has 1 N–H and O–H groups in total. The molecule has 3 fully saturated rings. The van der Waals surface area contributed by atoms with E-state index < -0.39 is 0 Å². The highest BCUT2D eigenvalue weighted by Gasteiger charge is 2.39. The van der Waals surface area contributed by atoms with Crippen molar-refractivity contribution in [2.45, 2.75) is 96.1 Å². The van der Waals surface area contributed by atoms with E-state index in [-0.39, 0.29) is 11.3 Å². The third kappa shape index (κ3) is 4.31. The van der Waals surface area contributed by atoms with E-state index in [4.69, 9.17) is 11.6 Å². The summed E-state index contributed by atoms with van der Waals surface area (Å²) in [5.74, 6) is 0.781. The second kappa shape index (κ2) is 8.31. The van der Waals surface area contributed by atoms with Crippen LogP contribution in [0.5, 0.6) is 0 Å². The van der Waals surface area contributed by atoms with Crippen LogP contribution in [0.3, 0.4) is 0 Å². The predicted molar refractivity (Wildman–Crippen MR) is 128 cm³/mol. The largest absolute Gasteiger partial charge is 0.349 e. The lowest BCUT2D eigenvalue weighted by Crippen LogP contribution is -2.39. The first kappa shape index (κ1) is 21.1. The zero-order valence-corrected chi connectivity index (χ0v) is 19.7. The highest BCUT2D eigenvalue weighted by molar-refractivity contribution is 6.31. The molecule has 0 bridgehead atoms. The Kier molecular flexibility index (Phi) is 5.66. The minimum absolute atomic E-state index is 0.0854. The highest BCUT2D eigenvalue weighted by Crippen LogP contribution is 2.49. The maximum absolute atomic E-state index is 13.1. The number of hydrogen-bond acceptors (Lipinski definition) is 1.